The molecule has 0 aliphatic carbocycles. The number of hydrogen-bond donors (Lipinski definition) is 0. The van der Waals surface area contributed by atoms with E-state index in [1.165, 1.54) is 16.0 Å². The number of nitrogens with zero attached hydrogens (tertiary/aromatic N) is 3. The first kappa shape index (κ1) is 17.0. The van der Waals surface area contributed by atoms with Crippen molar-refractivity contribution in [1.82, 2.24) is 14.7 Å². The van der Waals surface area contributed by atoms with E-state index in [0.717, 1.165) is 12.8 Å². The monoisotopic (exact) mass is 347 g/mol. The number of hydrogen-bond acceptors (Lipinski definition) is 4. The fraction of sp³-hybridized carbons (Fsp3) is 0.556. The minimum atomic E-state index is -0.441. The van der Waals surface area contributed by atoms with Crippen molar-refractivity contribution in [2.75, 3.05) is 13.1 Å². The molecule has 0 radical (unpaired) electrons. The Morgan fingerprint density at radius 1 is 1.33 bits per heavy atom. The summed E-state index contributed by atoms with van der Waals surface area (Å²) in [5.41, 5.74) is 2.03. The van der Waals surface area contributed by atoms with E-state index in [4.69, 9.17) is 4.74 Å². The predicted molar refractivity (Wildman–Crippen MR) is 96.4 cm³/mol. The quantitative estimate of drug-likeness (QED) is 0.804. The zero-order valence-corrected chi connectivity index (χ0v) is 15.6. The number of carbonyl (C=O) groups is 1. The number of likely N-dealkylation sites (tertiary alicyclic amines) is 1. The lowest BCUT2D eigenvalue weighted by atomic mass is 10.1. The van der Waals surface area contributed by atoms with Crippen LogP contribution in [-0.4, -0.2) is 39.5 Å². The lowest BCUT2D eigenvalue weighted by Crippen LogP contribution is -2.42. The van der Waals surface area contributed by atoms with Crippen LogP contribution >= 0.6 is 11.3 Å². The summed E-state index contributed by atoms with van der Waals surface area (Å²) in [7, 11) is 0. The summed E-state index contributed by atoms with van der Waals surface area (Å²) in [5.74, 6) is 0. The minimum absolute atomic E-state index is 0.212. The third-order valence-corrected chi connectivity index (χ3v) is 5.28. The summed E-state index contributed by atoms with van der Waals surface area (Å²) >= 11 is 1.75. The van der Waals surface area contributed by atoms with Crippen molar-refractivity contribution >= 4 is 17.4 Å². The number of rotatable bonds is 2. The van der Waals surface area contributed by atoms with Gasteiger partial charge in [0.25, 0.3) is 0 Å². The molecule has 130 valence electrons. The van der Waals surface area contributed by atoms with Gasteiger partial charge in [0, 0.05) is 29.7 Å². The van der Waals surface area contributed by atoms with Crippen molar-refractivity contribution < 1.29 is 9.53 Å². The van der Waals surface area contributed by atoms with Crippen LogP contribution in [0.2, 0.25) is 0 Å². The molecule has 1 fully saturated rings. The molecule has 1 saturated heterocycles. The SMILES string of the molecule is Cc1ccsc1-c1cnn(C2CCN(C(=O)OC(C)(C)C)CC2)c1. The first-order chi connectivity index (χ1) is 11.3. The summed E-state index contributed by atoms with van der Waals surface area (Å²) in [6.07, 6.45) is 5.68. The zero-order chi connectivity index (χ0) is 17.3. The van der Waals surface area contributed by atoms with Crippen molar-refractivity contribution in [2.45, 2.75) is 52.2 Å². The highest BCUT2D eigenvalue weighted by Crippen LogP contribution is 2.30. The third-order valence-electron chi connectivity index (χ3n) is 4.22. The molecular weight excluding hydrogens is 322 g/mol. The van der Waals surface area contributed by atoms with Crippen molar-refractivity contribution in [3.8, 4) is 10.4 Å². The summed E-state index contributed by atoms with van der Waals surface area (Å²) < 4.78 is 7.51. The van der Waals surface area contributed by atoms with E-state index in [1.807, 2.05) is 27.0 Å². The minimum Gasteiger partial charge on any atom is -0.444 e. The Balaban J connectivity index is 1.60. The Morgan fingerprint density at radius 2 is 2.04 bits per heavy atom. The van der Waals surface area contributed by atoms with Crippen molar-refractivity contribution in [1.29, 1.82) is 0 Å². The molecule has 0 aromatic carbocycles. The van der Waals surface area contributed by atoms with Crippen LogP contribution in [0.15, 0.2) is 23.8 Å². The van der Waals surface area contributed by atoms with E-state index >= 15 is 0 Å². The molecule has 24 heavy (non-hydrogen) atoms. The molecule has 0 unspecified atom stereocenters. The highest BCUT2D eigenvalue weighted by molar-refractivity contribution is 7.13. The fourth-order valence-electron chi connectivity index (χ4n) is 2.96. The van der Waals surface area contributed by atoms with E-state index in [1.54, 1.807) is 16.2 Å². The normalized spacial score (nSPS) is 16.4. The van der Waals surface area contributed by atoms with E-state index in [0.29, 0.717) is 19.1 Å². The van der Waals surface area contributed by atoms with Crippen LogP contribution in [0, 0.1) is 6.92 Å². The van der Waals surface area contributed by atoms with Crippen molar-refractivity contribution in [3.05, 3.63) is 29.4 Å². The van der Waals surface area contributed by atoms with Gasteiger partial charge in [0.15, 0.2) is 0 Å². The molecule has 2 aromatic heterocycles. The Morgan fingerprint density at radius 3 is 2.62 bits per heavy atom. The summed E-state index contributed by atoms with van der Waals surface area (Å²) in [6.45, 7) is 9.25. The molecule has 3 rings (SSSR count). The van der Waals surface area contributed by atoms with Crippen LogP contribution in [0.3, 0.4) is 0 Å². The number of ether oxygens (including phenoxy) is 1. The molecule has 5 nitrogen and oxygen atoms in total. The molecular formula is C18H25N3O2S. The number of carbonyl (C=O) groups excluding carboxylic acids is 1. The van der Waals surface area contributed by atoms with Crippen LogP contribution in [0.4, 0.5) is 4.79 Å². The van der Waals surface area contributed by atoms with Gasteiger partial charge in [0.1, 0.15) is 5.60 Å². The van der Waals surface area contributed by atoms with Crippen LogP contribution in [-0.2, 0) is 4.74 Å². The van der Waals surface area contributed by atoms with Gasteiger partial charge in [-0.15, -0.1) is 11.3 Å². The van der Waals surface area contributed by atoms with Gasteiger partial charge in [0.05, 0.1) is 12.2 Å². The van der Waals surface area contributed by atoms with Gasteiger partial charge in [0.2, 0.25) is 0 Å². The van der Waals surface area contributed by atoms with Crippen LogP contribution in [0.5, 0.6) is 0 Å². The van der Waals surface area contributed by atoms with Gasteiger partial charge in [-0.2, -0.15) is 5.10 Å². The van der Waals surface area contributed by atoms with Gasteiger partial charge in [-0.05, 0) is 57.5 Å². The van der Waals surface area contributed by atoms with E-state index in [2.05, 4.69) is 34.3 Å². The van der Waals surface area contributed by atoms with E-state index in [-0.39, 0.29) is 6.09 Å². The molecule has 3 heterocycles. The fourth-order valence-corrected chi connectivity index (χ4v) is 3.87. The molecule has 1 aliphatic rings. The smallest absolute Gasteiger partial charge is 0.410 e. The summed E-state index contributed by atoms with van der Waals surface area (Å²) in [6, 6.07) is 2.48. The van der Waals surface area contributed by atoms with Crippen molar-refractivity contribution in [3.63, 3.8) is 0 Å². The molecule has 1 aliphatic heterocycles. The maximum absolute atomic E-state index is 12.1. The molecule has 0 atom stereocenters. The maximum atomic E-state index is 12.1. The Kier molecular flexibility index (Phi) is 4.67. The van der Waals surface area contributed by atoms with E-state index < -0.39 is 5.60 Å². The first-order valence-corrected chi connectivity index (χ1v) is 9.28. The number of aromatic nitrogens is 2. The number of aryl methyl sites for hydroxylation is 1. The zero-order valence-electron chi connectivity index (χ0n) is 14.8. The van der Waals surface area contributed by atoms with Gasteiger partial charge in [-0.3, -0.25) is 4.68 Å². The molecule has 2 aromatic rings. The molecule has 0 N–H and O–H groups in total. The second-order valence-corrected chi connectivity index (χ2v) is 8.26. The van der Waals surface area contributed by atoms with Gasteiger partial charge in [-0.1, -0.05) is 0 Å². The lowest BCUT2D eigenvalue weighted by molar-refractivity contribution is 0.0185. The Bertz CT molecular complexity index is 706. The van der Waals surface area contributed by atoms with Crippen molar-refractivity contribution in [2.24, 2.45) is 0 Å². The summed E-state index contributed by atoms with van der Waals surface area (Å²) in [4.78, 5) is 15.2. The maximum Gasteiger partial charge on any atom is 0.410 e. The van der Waals surface area contributed by atoms with Crippen LogP contribution < -0.4 is 0 Å². The topological polar surface area (TPSA) is 47.4 Å². The number of piperidine rings is 1. The van der Waals surface area contributed by atoms with Crippen LogP contribution in [0.25, 0.3) is 10.4 Å². The second kappa shape index (κ2) is 6.59. The highest BCUT2D eigenvalue weighted by atomic mass is 32.1. The van der Waals surface area contributed by atoms with E-state index in [9.17, 15) is 4.79 Å². The Labute approximate surface area is 147 Å². The first-order valence-electron chi connectivity index (χ1n) is 8.40. The average Bonchev–Trinajstić information content (AvgIpc) is 3.14. The largest absolute Gasteiger partial charge is 0.444 e. The third kappa shape index (κ3) is 3.80. The van der Waals surface area contributed by atoms with Gasteiger partial charge < -0.3 is 9.64 Å². The second-order valence-electron chi connectivity index (χ2n) is 7.34. The van der Waals surface area contributed by atoms with Crippen LogP contribution in [0.1, 0.15) is 45.2 Å². The molecule has 0 bridgehead atoms. The lowest BCUT2D eigenvalue weighted by Gasteiger charge is -2.33. The summed E-state index contributed by atoms with van der Waals surface area (Å²) in [5, 5.41) is 6.67. The van der Waals surface area contributed by atoms with Gasteiger partial charge in [-0.25, -0.2) is 4.79 Å². The predicted octanol–water partition coefficient (Wildman–Crippen LogP) is 4.49. The highest BCUT2D eigenvalue weighted by Gasteiger charge is 2.27. The standard InChI is InChI=1S/C18H25N3O2S/c1-13-7-10-24-16(13)14-11-19-21(12-14)15-5-8-20(9-6-15)17(22)23-18(2,3)4/h7,10-12,15H,5-6,8-9H2,1-4H3. The molecule has 1 amide bonds. The number of amides is 1. The number of thiophene rings is 1. The average molecular weight is 347 g/mol. The molecule has 0 spiro atoms. The Hall–Kier alpha value is -1.82. The van der Waals surface area contributed by atoms with Gasteiger partial charge >= 0.3 is 6.09 Å². The molecule has 6 heteroatoms. The molecule has 0 saturated carbocycles.